The average molecular weight is 294 g/mol. The number of hydrogen-bond donors (Lipinski definition) is 2. The van der Waals surface area contributed by atoms with Crippen LogP contribution in [-0.4, -0.2) is 8.42 Å². The molecule has 0 spiro atoms. The summed E-state index contributed by atoms with van der Waals surface area (Å²) in [5.41, 5.74) is 2.37. The van der Waals surface area contributed by atoms with Crippen LogP contribution >= 0.6 is 0 Å². The lowest BCUT2D eigenvalue weighted by molar-refractivity contribution is 0.593. The van der Waals surface area contributed by atoms with E-state index >= 15 is 0 Å². The predicted molar refractivity (Wildman–Crippen MR) is 76.3 cm³/mol. The van der Waals surface area contributed by atoms with Crippen molar-refractivity contribution in [2.45, 2.75) is 18.4 Å². The Morgan fingerprint density at radius 3 is 2.55 bits per heavy atom. The summed E-state index contributed by atoms with van der Waals surface area (Å²) in [7, 11) is -3.88. The third kappa shape index (κ3) is 3.55. The summed E-state index contributed by atoms with van der Waals surface area (Å²) >= 11 is 0. The van der Waals surface area contributed by atoms with Crippen LogP contribution in [-0.2, 0) is 16.6 Å². The van der Waals surface area contributed by atoms with Gasteiger partial charge in [-0.25, -0.2) is 17.9 Å². The number of primary sulfonamides is 1. The molecule has 20 heavy (non-hydrogen) atoms. The standard InChI is InChI=1S/C14H15FN2O2S/c1-10-3-2-4-11(7-10)9-17-14-6-5-12(8-13(14)15)20(16,18)19/h2-8,17H,9H2,1H3,(H2,16,18,19). The zero-order chi connectivity index (χ0) is 14.8. The Kier molecular flexibility index (Phi) is 4.06. The van der Waals surface area contributed by atoms with Crippen LogP contribution in [0.2, 0.25) is 0 Å². The second-order valence-electron chi connectivity index (χ2n) is 4.53. The van der Waals surface area contributed by atoms with Crippen LogP contribution in [0.4, 0.5) is 10.1 Å². The lowest BCUT2D eigenvalue weighted by Crippen LogP contribution is -2.12. The van der Waals surface area contributed by atoms with Gasteiger partial charge in [0.1, 0.15) is 5.82 Å². The van der Waals surface area contributed by atoms with Crippen LogP contribution in [0.3, 0.4) is 0 Å². The second-order valence-corrected chi connectivity index (χ2v) is 6.09. The molecule has 2 aromatic rings. The Balaban J connectivity index is 2.15. The van der Waals surface area contributed by atoms with Gasteiger partial charge in [-0.2, -0.15) is 0 Å². The topological polar surface area (TPSA) is 72.2 Å². The number of anilines is 1. The number of nitrogens with one attached hydrogen (secondary N) is 1. The van der Waals surface area contributed by atoms with Crippen molar-refractivity contribution < 1.29 is 12.8 Å². The highest BCUT2D eigenvalue weighted by molar-refractivity contribution is 7.89. The molecular formula is C14H15FN2O2S. The number of benzene rings is 2. The largest absolute Gasteiger partial charge is 0.379 e. The highest BCUT2D eigenvalue weighted by atomic mass is 32.2. The number of sulfonamides is 1. The van der Waals surface area contributed by atoms with E-state index in [1.165, 1.54) is 12.1 Å². The van der Waals surface area contributed by atoms with Crippen LogP contribution in [0.1, 0.15) is 11.1 Å². The molecule has 2 aromatic carbocycles. The molecule has 106 valence electrons. The van der Waals surface area contributed by atoms with E-state index in [1.54, 1.807) is 0 Å². The van der Waals surface area contributed by atoms with Gasteiger partial charge >= 0.3 is 0 Å². The molecule has 0 unspecified atom stereocenters. The van der Waals surface area contributed by atoms with Gasteiger partial charge in [0.15, 0.2) is 0 Å². The molecular weight excluding hydrogens is 279 g/mol. The van der Waals surface area contributed by atoms with E-state index in [2.05, 4.69) is 5.32 Å². The number of nitrogens with two attached hydrogens (primary N) is 1. The summed E-state index contributed by atoms with van der Waals surface area (Å²) in [6.07, 6.45) is 0. The Hall–Kier alpha value is -1.92. The quantitative estimate of drug-likeness (QED) is 0.909. The predicted octanol–water partition coefficient (Wildman–Crippen LogP) is 2.39. The molecule has 0 amide bonds. The minimum Gasteiger partial charge on any atom is -0.379 e. The Bertz CT molecular complexity index is 730. The number of halogens is 1. The lowest BCUT2D eigenvalue weighted by atomic mass is 10.1. The van der Waals surface area contributed by atoms with Gasteiger partial charge < -0.3 is 5.32 Å². The summed E-state index contributed by atoms with van der Waals surface area (Å²) < 4.78 is 36.0. The molecule has 6 heteroatoms. The van der Waals surface area contributed by atoms with Crippen molar-refractivity contribution in [1.29, 1.82) is 0 Å². The van der Waals surface area contributed by atoms with Crippen molar-refractivity contribution >= 4 is 15.7 Å². The first-order valence-electron chi connectivity index (χ1n) is 5.98. The van der Waals surface area contributed by atoms with Crippen molar-refractivity contribution in [3.05, 3.63) is 59.4 Å². The Morgan fingerprint density at radius 1 is 1.20 bits per heavy atom. The highest BCUT2D eigenvalue weighted by Crippen LogP contribution is 2.19. The summed E-state index contributed by atoms with van der Waals surface area (Å²) in [6.45, 7) is 2.43. The summed E-state index contributed by atoms with van der Waals surface area (Å²) in [5.74, 6) is -0.649. The summed E-state index contributed by atoms with van der Waals surface area (Å²) in [6, 6.07) is 11.4. The molecule has 0 radical (unpaired) electrons. The molecule has 0 bridgehead atoms. The van der Waals surface area contributed by atoms with Gasteiger partial charge in [0.2, 0.25) is 10.0 Å². The van der Waals surface area contributed by atoms with Crippen LogP contribution in [0.25, 0.3) is 0 Å². The van der Waals surface area contributed by atoms with Crippen LogP contribution in [0.5, 0.6) is 0 Å². The molecule has 0 heterocycles. The smallest absolute Gasteiger partial charge is 0.238 e. The number of hydrogen-bond acceptors (Lipinski definition) is 3. The van der Waals surface area contributed by atoms with Gasteiger partial charge in [0, 0.05) is 6.54 Å². The molecule has 0 fully saturated rings. The van der Waals surface area contributed by atoms with Crippen molar-refractivity contribution in [3.8, 4) is 0 Å². The minimum atomic E-state index is -3.88. The average Bonchev–Trinajstić information content (AvgIpc) is 2.36. The Labute approximate surface area is 117 Å². The van der Waals surface area contributed by atoms with E-state index in [0.717, 1.165) is 17.2 Å². The van der Waals surface area contributed by atoms with Gasteiger partial charge in [-0.1, -0.05) is 29.8 Å². The lowest BCUT2D eigenvalue weighted by Gasteiger charge is -2.09. The third-order valence-electron chi connectivity index (χ3n) is 2.83. The van der Waals surface area contributed by atoms with E-state index in [-0.39, 0.29) is 10.6 Å². The van der Waals surface area contributed by atoms with Gasteiger partial charge in [-0.05, 0) is 30.7 Å². The van der Waals surface area contributed by atoms with Crippen molar-refractivity contribution in [3.63, 3.8) is 0 Å². The normalized spacial score (nSPS) is 11.3. The van der Waals surface area contributed by atoms with Crippen molar-refractivity contribution in [2.75, 3.05) is 5.32 Å². The monoisotopic (exact) mass is 294 g/mol. The first-order chi connectivity index (χ1) is 9.36. The van der Waals surface area contributed by atoms with E-state index < -0.39 is 15.8 Å². The molecule has 0 aliphatic carbocycles. The van der Waals surface area contributed by atoms with Crippen LogP contribution in [0.15, 0.2) is 47.4 Å². The van der Waals surface area contributed by atoms with Crippen molar-refractivity contribution in [1.82, 2.24) is 0 Å². The number of aryl methyl sites for hydroxylation is 1. The molecule has 0 saturated carbocycles. The van der Waals surface area contributed by atoms with Crippen LogP contribution < -0.4 is 10.5 Å². The summed E-state index contributed by atoms with van der Waals surface area (Å²) in [4.78, 5) is -0.240. The van der Waals surface area contributed by atoms with E-state index in [0.29, 0.717) is 6.54 Å². The SMILES string of the molecule is Cc1cccc(CNc2ccc(S(N)(=O)=O)cc2F)c1. The maximum atomic E-state index is 13.8. The fourth-order valence-corrected chi connectivity index (χ4v) is 2.36. The van der Waals surface area contributed by atoms with E-state index in [1.807, 2.05) is 31.2 Å². The maximum absolute atomic E-state index is 13.8. The van der Waals surface area contributed by atoms with E-state index in [4.69, 9.17) is 5.14 Å². The molecule has 0 saturated heterocycles. The van der Waals surface area contributed by atoms with Gasteiger partial charge in [0.25, 0.3) is 0 Å². The molecule has 4 nitrogen and oxygen atoms in total. The first kappa shape index (κ1) is 14.5. The number of rotatable bonds is 4. The molecule has 3 N–H and O–H groups in total. The zero-order valence-electron chi connectivity index (χ0n) is 10.9. The first-order valence-corrected chi connectivity index (χ1v) is 7.52. The zero-order valence-corrected chi connectivity index (χ0v) is 11.7. The maximum Gasteiger partial charge on any atom is 0.238 e. The Morgan fingerprint density at radius 2 is 1.95 bits per heavy atom. The fraction of sp³-hybridized carbons (Fsp3) is 0.143. The summed E-state index contributed by atoms with van der Waals surface area (Å²) in [5, 5.41) is 7.87. The molecule has 0 aromatic heterocycles. The molecule has 2 rings (SSSR count). The van der Waals surface area contributed by atoms with E-state index in [9.17, 15) is 12.8 Å². The third-order valence-corrected chi connectivity index (χ3v) is 3.75. The van der Waals surface area contributed by atoms with Crippen molar-refractivity contribution in [2.24, 2.45) is 5.14 Å². The van der Waals surface area contributed by atoms with Gasteiger partial charge in [0.05, 0.1) is 10.6 Å². The second kappa shape index (κ2) is 5.60. The molecule has 0 atom stereocenters. The minimum absolute atomic E-state index is 0.235. The van der Waals surface area contributed by atoms with Gasteiger partial charge in [-0.15, -0.1) is 0 Å². The van der Waals surface area contributed by atoms with Gasteiger partial charge in [-0.3, -0.25) is 0 Å². The van der Waals surface area contributed by atoms with Crippen LogP contribution in [0, 0.1) is 12.7 Å². The fourth-order valence-electron chi connectivity index (χ4n) is 1.84. The molecule has 0 aliphatic heterocycles. The highest BCUT2D eigenvalue weighted by Gasteiger charge is 2.11. The molecule has 0 aliphatic rings.